The Kier molecular flexibility index (Phi) is 5.47. The summed E-state index contributed by atoms with van der Waals surface area (Å²) in [5, 5.41) is 6.96. The quantitative estimate of drug-likeness (QED) is 0.885. The largest absolute Gasteiger partial charge is 0.350 e. The molecule has 0 aliphatic carbocycles. The van der Waals surface area contributed by atoms with E-state index in [2.05, 4.69) is 10.4 Å². The van der Waals surface area contributed by atoms with Crippen LogP contribution in [0.15, 0.2) is 47.3 Å². The van der Waals surface area contributed by atoms with Crippen molar-refractivity contribution < 1.29 is 4.79 Å². The third-order valence-corrected chi connectivity index (χ3v) is 3.18. The maximum absolute atomic E-state index is 12.1. The van der Waals surface area contributed by atoms with Crippen LogP contribution in [-0.2, 0) is 13.0 Å². The normalized spacial score (nSPS) is 10.7. The monoisotopic (exact) mass is 299 g/mol. The Morgan fingerprint density at radius 1 is 1.18 bits per heavy atom. The van der Waals surface area contributed by atoms with Crippen molar-refractivity contribution in [2.75, 3.05) is 6.54 Å². The van der Waals surface area contributed by atoms with Gasteiger partial charge >= 0.3 is 0 Å². The Balaban J connectivity index is 1.96. The zero-order chi connectivity index (χ0) is 15.9. The van der Waals surface area contributed by atoms with Crippen molar-refractivity contribution in [1.29, 1.82) is 0 Å². The highest BCUT2D eigenvalue weighted by atomic mass is 16.2. The average Bonchev–Trinajstić information content (AvgIpc) is 2.50. The minimum Gasteiger partial charge on any atom is -0.350 e. The van der Waals surface area contributed by atoms with Crippen molar-refractivity contribution in [2.45, 2.75) is 26.8 Å². The number of nitrogens with one attached hydrogen (secondary N) is 1. The summed E-state index contributed by atoms with van der Waals surface area (Å²) in [5.74, 6) is 0.0371. The lowest BCUT2D eigenvalue weighted by Crippen LogP contribution is -2.31. The Labute approximate surface area is 130 Å². The van der Waals surface area contributed by atoms with Gasteiger partial charge < -0.3 is 5.32 Å². The highest BCUT2D eigenvalue weighted by Gasteiger charge is 2.09. The minimum atomic E-state index is -0.256. The van der Waals surface area contributed by atoms with Gasteiger partial charge in [-0.1, -0.05) is 44.2 Å². The van der Waals surface area contributed by atoms with Crippen molar-refractivity contribution >= 4 is 5.91 Å². The molecule has 0 saturated heterocycles. The molecule has 0 aliphatic rings. The molecule has 2 rings (SSSR count). The summed E-state index contributed by atoms with van der Waals surface area (Å²) >= 11 is 0. The molecule has 0 radical (unpaired) electrons. The molecule has 0 fully saturated rings. The number of hydrogen-bond acceptors (Lipinski definition) is 3. The maximum Gasteiger partial charge on any atom is 0.271 e. The molecule has 0 bridgehead atoms. The van der Waals surface area contributed by atoms with Crippen LogP contribution in [0.5, 0.6) is 0 Å². The molecule has 0 spiro atoms. The fourth-order valence-corrected chi connectivity index (χ4v) is 2.10. The third kappa shape index (κ3) is 4.55. The molecule has 1 aromatic carbocycles. The molecule has 5 heteroatoms. The second kappa shape index (κ2) is 7.54. The standard InChI is InChI=1S/C17H21N3O2/c1-13(2)12-20-16(21)9-8-15(19-20)17(22)18-11-10-14-6-4-3-5-7-14/h3-9,13H,10-12H2,1-2H3,(H,18,22). The SMILES string of the molecule is CC(C)Cn1nc(C(=O)NCCc2ccccc2)ccc1=O. The van der Waals surface area contributed by atoms with E-state index in [1.807, 2.05) is 44.2 Å². The predicted molar refractivity (Wildman–Crippen MR) is 85.8 cm³/mol. The smallest absolute Gasteiger partial charge is 0.271 e. The zero-order valence-electron chi connectivity index (χ0n) is 13.0. The Hall–Kier alpha value is -2.43. The number of rotatable bonds is 6. The topological polar surface area (TPSA) is 64.0 Å². The first-order valence-corrected chi connectivity index (χ1v) is 7.46. The summed E-state index contributed by atoms with van der Waals surface area (Å²) in [4.78, 5) is 23.8. The van der Waals surface area contributed by atoms with Crippen LogP contribution in [0.2, 0.25) is 0 Å². The molecule has 0 atom stereocenters. The van der Waals surface area contributed by atoms with Crippen molar-refractivity contribution in [1.82, 2.24) is 15.1 Å². The maximum atomic E-state index is 12.1. The van der Waals surface area contributed by atoms with E-state index in [0.29, 0.717) is 19.0 Å². The van der Waals surface area contributed by atoms with Crippen LogP contribution in [0.4, 0.5) is 0 Å². The summed E-state index contributed by atoms with van der Waals surface area (Å²) in [6, 6.07) is 12.8. The average molecular weight is 299 g/mol. The molecular weight excluding hydrogens is 278 g/mol. The summed E-state index contributed by atoms with van der Waals surface area (Å²) < 4.78 is 1.34. The van der Waals surface area contributed by atoms with Crippen molar-refractivity contribution in [3.63, 3.8) is 0 Å². The number of hydrogen-bond donors (Lipinski definition) is 1. The lowest BCUT2D eigenvalue weighted by atomic mass is 10.1. The Morgan fingerprint density at radius 2 is 1.91 bits per heavy atom. The van der Waals surface area contributed by atoms with Gasteiger partial charge in [0, 0.05) is 19.2 Å². The van der Waals surface area contributed by atoms with Crippen molar-refractivity contribution in [3.8, 4) is 0 Å². The molecule has 0 aliphatic heterocycles. The van der Waals surface area contributed by atoms with Gasteiger partial charge in [0.2, 0.25) is 0 Å². The highest BCUT2D eigenvalue weighted by molar-refractivity contribution is 5.91. The molecule has 1 aromatic heterocycles. The number of carbonyl (C=O) groups is 1. The summed E-state index contributed by atoms with van der Waals surface area (Å²) in [7, 11) is 0. The van der Waals surface area contributed by atoms with Gasteiger partial charge in [-0.3, -0.25) is 9.59 Å². The first kappa shape index (κ1) is 15.9. The highest BCUT2D eigenvalue weighted by Crippen LogP contribution is 1.99. The molecular formula is C17H21N3O2. The van der Waals surface area contributed by atoms with E-state index in [0.717, 1.165) is 6.42 Å². The van der Waals surface area contributed by atoms with Gasteiger partial charge in [-0.2, -0.15) is 5.10 Å². The van der Waals surface area contributed by atoms with Crippen LogP contribution >= 0.6 is 0 Å². The molecule has 1 heterocycles. The first-order chi connectivity index (χ1) is 10.6. The van der Waals surface area contributed by atoms with Gasteiger partial charge in [0.15, 0.2) is 0 Å². The molecule has 22 heavy (non-hydrogen) atoms. The molecule has 1 amide bonds. The number of amides is 1. The van der Waals surface area contributed by atoms with E-state index in [-0.39, 0.29) is 17.2 Å². The number of aromatic nitrogens is 2. The molecule has 2 aromatic rings. The van der Waals surface area contributed by atoms with Gasteiger partial charge in [-0.05, 0) is 24.0 Å². The zero-order valence-corrected chi connectivity index (χ0v) is 13.0. The van der Waals surface area contributed by atoms with Gasteiger partial charge in [0.1, 0.15) is 5.69 Å². The van der Waals surface area contributed by atoms with Gasteiger partial charge in [0.05, 0.1) is 0 Å². The summed E-state index contributed by atoms with van der Waals surface area (Å²) in [5.41, 5.74) is 1.25. The van der Waals surface area contributed by atoms with Crippen LogP contribution in [0.25, 0.3) is 0 Å². The molecule has 0 unspecified atom stereocenters. The second-order valence-electron chi connectivity index (χ2n) is 5.62. The third-order valence-electron chi connectivity index (χ3n) is 3.18. The van der Waals surface area contributed by atoms with Crippen LogP contribution < -0.4 is 10.9 Å². The second-order valence-corrected chi connectivity index (χ2v) is 5.62. The molecule has 116 valence electrons. The first-order valence-electron chi connectivity index (χ1n) is 7.46. The lowest BCUT2D eigenvalue weighted by molar-refractivity contribution is 0.0946. The van der Waals surface area contributed by atoms with Crippen molar-refractivity contribution in [2.24, 2.45) is 5.92 Å². The minimum absolute atomic E-state index is 0.186. The fourth-order valence-electron chi connectivity index (χ4n) is 2.10. The van der Waals surface area contributed by atoms with E-state index in [1.165, 1.54) is 22.4 Å². The van der Waals surface area contributed by atoms with E-state index in [1.54, 1.807) is 0 Å². The van der Waals surface area contributed by atoms with Gasteiger partial charge in [-0.25, -0.2) is 4.68 Å². The molecule has 1 N–H and O–H groups in total. The number of carbonyl (C=O) groups excluding carboxylic acids is 1. The van der Waals surface area contributed by atoms with E-state index >= 15 is 0 Å². The summed E-state index contributed by atoms with van der Waals surface area (Å²) in [6.07, 6.45) is 0.762. The van der Waals surface area contributed by atoms with E-state index in [9.17, 15) is 9.59 Å². The fraction of sp³-hybridized carbons (Fsp3) is 0.353. The number of benzene rings is 1. The summed E-state index contributed by atoms with van der Waals surface area (Å²) in [6.45, 7) is 5.04. The van der Waals surface area contributed by atoms with Crippen LogP contribution in [-0.4, -0.2) is 22.2 Å². The Bertz CT molecular complexity index is 678. The van der Waals surface area contributed by atoms with E-state index in [4.69, 9.17) is 0 Å². The Morgan fingerprint density at radius 3 is 2.59 bits per heavy atom. The van der Waals surface area contributed by atoms with E-state index < -0.39 is 0 Å². The van der Waals surface area contributed by atoms with Crippen molar-refractivity contribution in [3.05, 3.63) is 64.1 Å². The van der Waals surface area contributed by atoms with Crippen LogP contribution in [0.3, 0.4) is 0 Å². The van der Waals surface area contributed by atoms with Gasteiger partial charge in [0.25, 0.3) is 11.5 Å². The molecule has 0 saturated carbocycles. The predicted octanol–water partition coefficient (Wildman–Crippen LogP) is 1.87. The van der Waals surface area contributed by atoms with Gasteiger partial charge in [-0.15, -0.1) is 0 Å². The number of nitrogens with zero attached hydrogens (tertiary/aromatic N) is 2. The van der Waals surface area contributed by atoms with Crippen LogP contribution in [0.1, 0.15) is 29.9 Å². The molecule has 5 nitrogen and oxygen atoms in total. The van der Waals surface area contributed by atoms with Crippen LogP contribution in [0, 0.1) is 5.92 Å². The lowest BCUT2D eigenvalue weighted by Gasteiger charge is -2.09.